The van der Waals surface area contributed by atoms with Crippen LogP contribution in [0.1, 0.15) is 67.2 Å². The summed E-state index contributed by atoms with van der Waals surface area (Å²) in [5.74, 6) is 0. The minimum Gasteiger partial charge on any atom is -0.311 e. The summed E-state index contributed by atoms with van der Waals surface area (Å²) in [7, 11) is 0. The fraction of sp³-hybridized carbons (Fsp3) is 1.00. The standard InChI is InChI=1S/C17H34N2/c1-7-14-11-19(13(2)10-18-14)15-8-16(3,4)12-17(5,6)9-15/h13-15,18H,7-12H2,1-6H3. The van der Waals surface area contributed by atoms with Crippen LogP contribution in [0.3, 0.4) is 0 Å². The first kappa shape index (κ1) is 15.3. The van der Waals surface area contributed by atoms with Gasteiger partial charge in [0.2, 0.25) is 0 Å². The van der Waals surface area contributed by atoms with Gasteiger partial charge in [-0.2, -0.15) is 0 Å². The molecule has 0 amide bonds. The molecular formula is C17H34N2. The van der Waals surface area contributed by atoms with Crippen LogP contribution in [-0.2, 0) is 0 Å². The lowest BCUT2D eigenvalue weighted by atomic mass is 9.63. The maximum absolute atomic E-state index is 3.69. The van der Waals surface area contributed by atoms with Crippen molar-refractivity contribution in [3.05, 3.63) is 0 Å². The molecule has 2 nitrogen and oxygen atoms in total. The zero-order chi connectivity index (χ0) is 14.3. The van der Waals surface area contributed by atoms with Crippen molar-refractivity contribution in [3.8, 4) is 0 Å². The van der Waals surface area contributed by atoms with Gasteiger partial charge in [0.15, 0.2) is 0 Å². The largest absolute Gasteiger partial charge is 0.311 e. The summed E-state index contributed by atoms with van der Waals surface area (Å²) in [4.78, 5) is 2.81. The van der Waals surface area contributed by atoms with Crippen molar-refractivity contribution in [3.63, 3.8) is 0 Å². The van der Waals surface area contributed by atoms with E-state index in [1.807, 2.05) is 0 Å². The zero-order valence-corrected chi connectivity index (χ0v) is 13.9. The van der Waals surface area contributed by atoms with E-state index in [9.17, 15) is 0 Å². The molecule has 0 aromatic rings. The molecule has 0 aromatic carbocycles. The van der Waals surface area contributed by atoms with Crippen LogP contribution in [0.2, 0.25) is 0 Å². The lowest BCUT2D eigenvalue weighted by Gasteiger charge is -2.52. The highest BCUT2D eigenvalue weighted by Crippen LogP contribution is 2.47. The van der Waals surface area contributed by atoms with E-state index in [1.54, 1.807) is 0 Å². The van der Waals surface area contributed by atoms with E-state index in [2.05, 4.69) is 51.8 Å². The first-order valence-electron chi connectivity index (χ1n) is 8.21. The summed E-state index contributed by atoms with van der Waals surface area (Å²) >= 11 is 0. The maximum Gasteiger partial charge on any atom is 0.0196 e. The molecule has 2 heteroatoms. The van der Waals surface area contributed by atoms with Gasteiger partial charge in [0, 0.05) is 31.2 Å². The number of hydrogen-bond acceptors (Lipinski definition) is 2. The molecule has 1 saturated carbocycles. The fourth-order valence-electron chi connectivity index (χ4n) is 4.76. The van der Waals surface area contributed by atoms with Gasteiger partial charge in [-0.1, -0.05) is 34.6 Å². The Labute approximate surface area is 120 Å². The summed E-state index contributed by atoms with van der Waals surface area (Å²) in [6.07, 6.45) is 5.37. The quantitative estimate of drug-likeness (QED) is 0.820. The molecule has 2 fully saturated rings. The third kappa shape index (κ3) is 3.72. The molecule has 0 radical (unpaired) electrons. The van der Waals surface area contributed by atoms with Gasteiger partial charge in [-0.05, 0) is 43.4 Å². The molecular weight excluding hydrogens is 232 g/mol. The summed E-state index contributed by atoms with van der Waals surface area (Å²) < 4.78 is 0. The van der Waals surface area contributed by atoms with E-state index in [1.165, 1.54) is 32.2 Å². The molecule has 2 atom stereocenters. The molecule has 0 bridgehead atoms. The molecule has 1 aliphatic heterocycles. The van der Waals surface area contributed by atoms with Crippen molar-refractivity contribution < 1.29 is 0 Å². The SMILES string of the molecule is CCC1CN(C2CC(C)(C)CC(C)(C)C2)C(C)CN1. The average molecular weight is 266 g/mol. The second-order valence-corrected chi connectivity index (χ2v) is 8.63. The second-order valence-electron chi connectivity index (χ2n) is 8.63. The minimum absolute atomic E-state index is 0.499. The Balaban J connectivity index is 2.10. The normalized spacial score (nSPS) is 36.3. The Morgan fingerprint density at radius 2 is 1.68 bits per heavy atom. The minimum atomic E-state index is 0.499. The van der Waals surface area contributed by atoms with Crippen LogP contribution in [0.25, 0.3) is 0 Å². The molecule has 1 heterocycles. The average Bonchev–Trinajstić information content (AvgIpc) is 2.25. The number of hydrogen-bond donors (Lipinski definition) is 1. The number of rotatable bonds is 2. The monoisotopic (exact) mass is 266 g/mol. The Bertz CT molecular complexity index is 292. The fourth-order valence-corrected chi connectivity index (χ4v) is 4.76. The molecule has 1 saturated heterocycles. The zero-order valence-electron chi connectivity index (χ0n) is 13.9. The molecule has 1 aliphatic carbocycles. The molecule has 0 spiro atoms. The van der Waals surface area contributed by atoms with Gasteiger partial charge < -0.3 is 5.32 Å². The topological polar surface area (TPSA) is 15.3 Å². The van der Waals surface area contributed by atoms with Crippen molar-refractivity contribution in [2.24, 2.45) is 10.8 Å². The molecule has 2 unspecified atom stereocenters. The second kappa shape index (κ2) is 5.37. The summed E-state index contributed by atoms with van der Waals surface area (Å²) in [5.41, 5.74) is 0.997. The molecule has 2 aliphatic rings. The predicted molar refractivity (Wildman–Crippen MR) is 83.5 cm³/mol. The van der Waals surface area contributed by atoms with Gasteiger partial charge >= 0.3 is 0 Å². The van der Waals surface area contributed by atoms with E-state index in [-0.39, 0.29) is 0 Å². The van der Waals surface area contributed by atoms with Crippen LogP contribution >= 0.6 is 0 Å². The molecule has 2 rings (SSSR count). The van der Waals surface area contributed by atoms with Crippen LogP contribution in [0.4, 0.5) is 0 Å². The Morgan fingerprint density at radius 1 is 1.11 bits per heavy atom. The van der Waals surface area contributed by atoms with Crippen molar-refractivity contribution in [1.29, 1.82) is 0 Å². The van der Waals surface area contributed by atoms with Crippen molar-refractivity contribution >= 4 is 0 Å². The third-order valence-corrected chi connectivity index (χ3v) is 5.19. The highest BCUT2D eigenvalue weighted by Gasteiger charge is 2.42. The summed E-state index contributed by atoms with van der Waals surface area (Å²) in [6.45, 7) is 17.0. The van der Waals surface area contributed by atoms with E-state index in [4.69, 9.17) is 0 Å². The van der Waals surface area contributed by atoms with Crippen LogP contribution in [-0.4, -0.2) is 36.1 Å². The number of nitrogens with zero attached hydrogens (tertiary/aromatic N) is 1. The van der Waals surface area contributed by atoms with Gasteiger partial charge in [0.25, 0.3) is 0 Å². The highest BCUT2D eigenvalue weighted by molar-refractivity contribution is 4.96. The Morgan fingerprint density at radius 3 is 2.21 bits per heavy atom. The molecule has 112 valence electrons. The van der Waals surface area contributed by atoms with Crippen LogP contribution in [0.15, 0.2) is 0 Å². The van der Waals surface area contributed by atoms with Crippen LogP contribution in [0, 0.1) is 10.8 Å². The predicted octanol–water partition coefficient (Wildman–Crippen LogP) is 3.66. The van der Waals surface area contributed by atoms with Gasteiger partial charge in [-0.15, -0.1) is 0 Å². The van der Waals surface area contributed by atoms with Gasteiger partial charge in [0.1, 0.15) is 0 Å². The lowest BCUT2D eigenvalue weighted by molar-refractivity contribution is -0.00862. The molecule has 0 aromatic heterocycles. The van der Waals surface area contributed by atoms with Gasteiger partial charge in [-0.3, -0.25) is 4.90 Å². The maximum atomic E-state index is 3.69. The summed E-state index contributed by atoms with van der Waals surface area (Å²) in [5, 5.41) is 3.69. The van der Waals surface area contributed by atoms with Crippen molar-refractivity contribution in [2.45, 2.75) is 85.4 Å². The third-order valence-electron chi connectivity index (χ3n) is 5.19. The van der Waals surface area contributed by atoms with Crippen molar-refractivity contribution in [1.82, 2.24) is 10.2 Å². The first-order chi connectivity index (χ1) is 8.72. The molecule has 1 N–H and O–H groups in total. The smallest absolute Gasteiger partial charge is 0.0196 e. The summed E-state index contributed by atoms with van der Waals surface area (Å²) in [6, 6.07) is 2.17. The highest BCUT2D eigenvalue weighted by atomic mass is 15.3. The van der Waals surface area contributed by atoms with Crippen LogP contribution < -0.4 is 5.32 Å². The number of nitrogens with one attached hydrogen (secondary N) is 1. The van der Waals surface area contributed by atoms with E-state index < -0.39 is 0 Å². The Hall–Kier alpha value is -0.0800. The first-order valence-corrected chi connectivity index (χ1v) is 8.21. The van der Waals surface area contributed by atoms with Crippen LogP contribution in [0.5, 0.6) is 0 Å². The van der Waals surface area contributed by atoms with E-state index in [0.717, 1.165) is 12.6 Å². The number of piperazine rings is 1. The Kier molecular flexibility index (Phi) is 4.32. The van der Waals surface area contributed by atoms with Gasteiger partial charge in [-0.25, -0.2) is 0 Å². The van der Waals surface area contributed by atoms with Crippen molar-refractivity contribution in [2.75, 3.05) is 13.1 Å². The molecule has 19 heavy (non-hydrogen) atoms. The van der Waals surface area contributed by atoms with E-state index in [0.29, 0.717) is 22.9 Å². The lowest BCUT2D eigenvalue weighted by Crippen LogP contribution is -2.60. The van der Waals surface area contributed by atoms with Gasteiger partial charge in [0.05, 0.1) is 0 Å². The van der Waals surface area contributed by atoms with E-state index >= 15 is 0 Å².